The van der Waals surface area contributed by atoms with Gasteiger partial charge in [-0.05, 0) is 42.3 Å². The van der Waals surface area contributed by atoms with Gasteiger partial charge in [-0.25, -0.2) is 13.8 Å². The summed E-state index contributed by atoms with van der Waals surface area (Å²) in [6, 6.07) is 12.3. The number of aromatic nitrogens is 3. The van der Waals surface area contributed by atoms with Gasteiger partial charge in [0.25, 0.3) is 0 Å². The van der Waals surface area contributed by atoms with Gasteiger partial charge in [0.1, 0.15) is 24.3 Å². The Bertz CT molecular complexity index is 694. The Labute approximate surface area is 133 Å². The van der Waals surface area contributed by atoms with Crippen LogP contribution in [0.3, 0.4) is 0 Å². The van der Waals surface area contributed by atoms with E-state index in [0.717, 1.165) is 11.1 Å². The summed E-state index contributed by atoms with van der Waals surface area (Å²) in [6.45, 7) is 2.63. The molecular formula is C17H16F2N4. The van der Waals surface area contributed by atoms with E-state index in [1.807, 2.05) is 11.9 Å². The SMILES string of the molecule is CCN(C(c1ccc(F)cc1)c1ccc(F)cc1)n1cncn1. The van der Waals surface area contributed by atoms with Crippen LogP contribution in [0.15, 0.2) is 61.2 Å². The first-order valence-corrected chi connectivity index (χ1v) is 7.31. The molecule has 0 aliphatic rings. The smallest absolute Gasteiger partial charge is 0.139 e. The van der Waals surface area contributed by atoms with Crippen molar-refractivity contribution in [2.75, 3.05) is 11.6 Å². The number of rotatable bonds is 5. The van der Waals surface area contributed by atoms with Crippen LogP contribution in [0.25, 0.3) is 0 Å². The Morgan fingerprint density at radius 3 is 1.87 bits per heavy atom. The Kier molecular flexibility index (Phi) is 4.32. The van der Waals surface area contributed by atoms with Gasteiger partial charge in [0.15, 0.2) is 0 Å². The minimum Gasteiger partial charge on any atom is -0.284 e. The molecule has 0 unspecified atom stereocenters. The second-order valence-electron chi connectivity index (χ2n) is 5.08. The lowest BCUT2D eigenvalue weighted by Gasteiger charge is -2.32. The van der Waals surface area contributed by atoms with Crippen LogP contribution in [0.4, 0.5) is 8.78 Å². The first kappa shape index (κ1) is 15.1. The molecule has 23 heavy (non-hydrogen) atoms. The number of benzene rings is 2. The summed E-state index contributed by atoms with van der Waals surface area (Å²) in [7, 11) is 0. The molecular weight excluding hydrogens is 298 g/mol. The van der Waals surface area contributed by atoms with E-state index in [1.165, 1.54) is 30.6 Å². The third-order valence-corrected chi connectivity index (χ3v) is 3.66. The van der Waals surface area contributed by atoms with Crippen LogP contribution in [0, 0.1) is 11.6 Å². The van der Waals surface area contributed by atoms with Crippen molar-refractivity contribution >= 4 is 0 Å². The molecule has 0 atom stereocenters. The molecule has 0 radical (unpaired) electrons. The topological polar surface area (TPSA) is 34.0 Å². The van der Waals surface area contributed by atoms with Gasteiger partial charge in [-0.3, -0.25) is 5.01 Å². The Hall–Kier alpha value is -2.76. The molecule has 0 N–H and O–H groups in total. The largest absolute Gasteiger partial charge is 0.284 e. The molecule has 6 heteroatoms. The van der Waals surface area contributed by atoms with Crippen LogP contribution in [0.2, 0.25) is 0 Å². The van der Waals surface area contributed by atoms with Gasteiger partial charge in [0.05, 0.1) is 6.04 Å². The van der Waals surface area contributed by atoms with Gasteiger partial charge in [0, 0.05) is 6.54 Å². The Morgan fingerprint density at radius 1 is 0.957 bits per heavy atom. The van der Waals surface area contributed by atoms with E-state index in [0.29, 0.717) is 6.54 Å². The van der Waals surface area contributed by atoms with Gasteiger partial charge in [0.2, 0.25) is 0 Å². The van der Waals surface area contributed by atoms with Crippen LogP contribution in [-0.4, -0.2) is 21.4 Å². The normalized spacial score (nSPS) is 11.0. The van der Waals surface area contributed by atoms with Crippen molar-refractivity contribution in [2.45, 2.75) is 13.0 Å². The molecule has 0 fully saturated rings. The maximum Gasteiger partial charge on any atom is 0.139 e. The van der Waals surface area contributed by atoms with Gasteiger partial charge in [-0.2, -0.15) is 4.79 Å². The summed E-state index contributed by atoms with van der Waals surface area (Å²) in [5, 5.41) is 6.14. The summed E-state index contributed by atoms with van der Waals surface area (Å²) in [5.74, 6) is -0.592. The predicted octanol–water partition coefficient (Wildman–Crippen LogP) is 3.30. The summed E-state index contributed by atoms with van der Waals surface area (Å²) >= 11 is 0. The molecule has 0 saturated carbocycles. The van der Waals surface area contributed by atoms with Crippen molar-refractivity contribution in [1.82, 2.24) is 14.9 Å². The van der Waals surface area contributed by atoms with Crippen LogP contribution in [-0.2, 0) is 0 Å². The highest BCUT2D eigenvalue weighted by molar-refractivity contribution is 5.35. The van der Waals surface area contributed by atoms with Crippen molar-refractivity contribution in [3.8, 4) is 0 Å². The van der Waals surface area contributed by atoms with Gasteiger partial charge in [-0.15, -0.1) is 5.10 Å². The molecule has 0 aliphatic carbocycles. The molecule has 0 amide bonds. The zero-order valence-corrected chi connectivity index (χ0v) is 12.6. The van der Waals surface area contributed by atoms with Crippen LogP contribution in [0.5, 0.6) is 0 Å². The second-order valence-corrected chi connectivity index (χ2v) is 5.08. The molecule has 1 heterocycles. The fourth-order valence-corrected chi connectivity index (χ4v) is 2.61. The van der Waals surface area contributed by atoms with E-state index < -0.39 is 0 Å². The maximum atomic E-state index is 13.3. The first-order valence-electron chi connectivity index (χ1n) is 7.31. The molecule has 118 valence electrons. The highest BCUT2D eigenvalue weighted by atomic mass is 19.1. The standard InChI is InChI=1S/C17H16F2N4/c1-2-22(23-12-20-11-21-23)17(13-3-7-15(18)8-4-13)14-5-9-16(19)10-6-14/h3-12,17H,2H2,1H3. The molecule has 2 aromatic carbocycles. The molecule has 0 spiro atoms. The lowest BCUT2D eigenvalue weighted by molar-refractivity contribution is 0.492. The summed E-state index contributed by atoms with van der Waals surface area (Å²) in [4.78, 5) is 5.62. The van der Waals surface area contributed by atoms with E-state index >= 15 is 0 Å². The van der Waals surface area contributed by atoms with Crippen LogP contribution in [0.1, 0.15) is 24.1 Å². The zero-order valence-electron chi connectivity index (χ0n) is 12.6. The van der Waals surface area contributed by atoms with E-state index in [-0.39, 0.29) is 17.7 Å². The number of nitrogens with zero attached hydrogens (tertiary/aromatic N) is 4. The number of hydrogen-bond donors (Lipinski definition) is 0. The average molecular weight is 314 g/mol. The molecule has 1 aromatic heterocycles. The minimum atomic E-state index is -0.296. The molecule has 0 saturated heterocycles. The fraction of sp³-hybridized carbons (Fsp3) is 0.176. The number of hydrogen-bond acceptors (Lipinski definition) is 3. The van der Waals surface area contributed by atoms with Crippen LogP contribution >= 0.6 is 0 Å². The highest BCUT2D eigenvalue weighted by Gasteiger charge is 2.22. The minimum absolute atomic E-state index is 0.233. The van der Waals surface area contributed by atoms with Crippen molar-refractivity contribution in [3.05, 3.63) is 83.9 Å². The quantitative estimate of drug-likeness (QED) is 0.724. The molecule has 3 rings (SSSR count). The van der Waals surface area contributed by atoms with Crippen LogP contribution < -0.4 is 5.01 Å². The third-order valence-electron chi connectivity index (χ3n) is 3.66. The monoisotopic (exact) mass is 314 g/mol. The Morgan fingerprint density at radius 2 is 1.48 bits per heavy atom. The maximum absolute atomic E-state index is 13.3. The molecule has 4 nitrogen and oxygen atoms in total. The lowest BCUT2D eigenvalue weighted by Crippen LogP contribution is -2.39. The summed E-state index contributed by atoms with van der Waals surface area (Å²) < 4.78 is 26.5. The second kappa shape index (κ2) is 6.56. The zero-order chi connectivity index (χ0) is 16.2. The van der Waals surface area contributed by atoms with Crippen molar-refractivity contribution in [1.29, 1.82) is 0 Å². The van der Waals surface area contributed by atoms with Gasteiger partial charge >= 0.3 is 0 Å². The summed E-state index contributed by atoms with van der Waals surface area (Å²) in [6.07, 6.45) is 3.05. The fourth-order valence-electron chi connectivity index (χ4n) is 2.61. The Balaban J connectivity index is 2.08. The average Bonchev–Trinajstić information content (AvgIpc) is 3.09. The van der Waals surface area contributed by atoms with Crippen molar-refractivity contribution < 1.29 is 8.78 Å². The van der Waals surface area contributed by atoms with E-state index in [9.17, 15) is 8.78 Å². The molecule has 0 aliphatic heterocycles. The number of halogens is 2. The van der Waals surface area contributed by atoms with Crippen molar-refractivity contribution in [2.24, 2.45) is 0 Å². The van der Waals surface area contributed by atoms with Crippen molar-refractivity contribution in [3.63, 3.8) is 0 Å². The van der Waals surface area contributed by atoms with Gasteiger partial charge in [-0.1, -0.05) is 24.3 Å². The lowest BCUT2D eigenvalue weighted by atomic mass is 9.98. The van der Waals surface area contributed by atoms with Gasteiger partial charge < -0.3 is 0 Å². The third kappa shape index (κ3) is 3.21. The molecule has 0 bridgehead atoms. The van der Waals surface area contributed by atoms with E-state index in [1.54, 1.807) is 35.4 Å². The predicted molar refractivity (Wildman–Crippen MR) is 83.4 cm³/mol. The first-order chi connectivity index (χ1) is 11.2. The van der Waals surface area contributed by atoms with E-state index in [2.05, 4.69) is 10.1 Å². The van der Waals surface area contributed by atoms with E-state index in [4.69, 9.17) is 0 Å². The highest BCUT2D eigenvalue weighted by Crippen LogP contribution is 2.27. The summed E-state index contributed by atoms with van der Waals surface area (Å²) in [5.41, 5.74) is 1.77. The molecule has 3 aromatic rings.